The van der Waals surface area contributed by atoms with E-state index in [9.17, 15) is 14.7 Å². The van der Waals surface area contributed by atoms with Crippen LogP contribution in [0, 0.1) is 0 Å². The fourth-order valence-electron chi connectivity index (χ4n) is 2.63. The Morgan fingerprint density at radius 2 is 1.96 bits per heavy atom. The van der Waals surface area contributed by atoms with Crippen LogP contribution in [0.15, 0.2) is 24.3 Å². The van der Waals surface area contributed by atoms with E-state index in [0.717, 1.165) is 18.1 Å². The average Bonchev–Trinajstić information content (AvgIpc) is 3.09. The fraction of sp³-hybridized carbons (Fsp3) is 0.556. The van der Waals surface area contributed by atoms with Crippen LogP contribution in [0.5, 0.6) is 5.75 Å². The van der Waals surface area contributed by atoms with E-state index >= 15 is 0 Å². The highest BCUT2D eigenvalue weighted by Crippen LogP contribution is 2.39. The van der Waals surface area contributed by atoms with Crippen molar-refractivity contribution < 1.29 is 14.7 Å². The van der Waals surface area contributed by atoms with E-state index in [2.05, 4.69) is 5.32 Å². The van der Waals surface area contributed by atoms with Gasteiger partial charge in [-0.1, -0.05) is 40.1 Å². The number of nitrogens with one attached hydrogen (secondary N) is 1. The maximum Gasteiger partial charge on any atom is 0.255 e. The van der Waals surface area contributed by atoms with Crippen LogP contribution in [0.2, 0.25) is 0 Å². The summed E-state index contributed by atoms with van der Waals surface area (Å²) in [5.74, 6) is 1.22. The highest BCUT2D eigenvalue weighted by Gasteiger charge is 2.15. The number of hydrogen-bond acceptors (Lipinski definition) is 5. The van der Waals surface area contributed by atoms with Crippen molar-refractivity contribution in [3.05, 3.63) is 29.8 Å². The van der Waals surface area contributed by atoms with E-state index in [-0.39, 0.29) is 23.0 Å². The molecule has 1 atom stereocenters. The van der Waals surface area contributed by atoms with Gasteiger partial charge in [0.15, 0.2) is 0 Å². The molecule has 0 spiro atoms. The number of amides is 1. The quantitative estimate of drug-likeness (QED) is 0.479. The van der Waals surface area contributed by atoms with Gasteiger partial charge in [0.2, 0.25) is 0 Å². The molecule has 0 radical (unpaired) electrons. The summed E-state index contributed by atoms with van der Waals surface area (Å²) in [6.07, 6.45) is 6.45. The van der Waals surface area contributed by atoms with Crippen molar-refractivity contribution in [1.29, 1.82) is 0 Å². The van der Waals surface area contributed by atoms with E-state index in [1.165, 1.54) is 24.7 Å². The molecule has 2 rings (SSSR count). The molecule has 6 heteroatoms. The SMILES string of the molecule is O=C(CCCC[C@H]1CCSS1)CCCNC(=O)c1ccccc1O. The minimum Gasteiger partial charge on any atom is -0.507 e. The lowest BCUT2D eigenvalue weighted by Gasteiger charge is -2.07. The first-order chi connectivity index (χ1) is 11.7. The Balaban J connectivity index is 1.51. The van der Waals surface area contributed by atoms with Gasteiger partial charge >= 0.3 is 0 Å². The molecular weight excluding hydrogens is 342 g/mol. The lowest BCUT2D eigenvalue weighted by Crippen LogP contribution is -2.24. The van der Waals surface area contributed by atoms with Gasteiger partial charge in [0.05, 0.1) is 5.56 Å². The highest BCUT2D eigenvalue weighted by molar-refractivity contribution is 8.77. The monoisotopic (exact) mass is 367 g/mol. The van der Waals surface area contributed by atoms with Crippen LogP contribution < -0.4 is 5.32 Å². The standard InChI is InChI=1S/C18H25NO3S2/c20-14(6-1-2-8-15-11-13-23-24-15)7-5-12-19-18(22)16-9-3-4-10-17(16)21/h3-4,9-10,15,21H,1-2,5-8,11-13H2,(H,19,22)/t15-/m0/s1. The molecule has 1 aromatic carbocycles. The van der Waals surface area contributed by atoms with Gasteiger partial charge in [-0.05, 0) is 37.8 Å². The lowest BCUT2D eigenvalue weighted by molar-refractivity contribution is -0.119. The largest absolute Gasteiger partial charge is 0.507 e. The topological polar surface area (TPSA) is 66.4 Å². The van der Waals surface area contributed by atoms with Gasteiger partial charge in [0.1, 0.15) is 11.5 Å². The Morgan fingerprint density at radius 3 is 2.71 bits per heavy atom. The van der Waals surface area contributed by atoms with Crippen molar-refractivity contribution in [1.82, 2.24) is 5.32 Å². The second-order valence-electron chi connectivity index (χ2n) is 5.99. The fourth-order valence-corrected chi connectivity index (χ4v) is 5.66. The number of benzene rings is 1. The summed E-state index contributed by atoms with van der Waals surface area (Å²) in [5, 5.41) is 13.1. The summed E-state index contributed by atoms with van der Waals surface area (Å²) < 4.78 is 0. The zero-order valence-electron chi connectivity index (χ0n) is 13.8. The summed E-state index contributed by atoms with van der Waals surface area (Å²) in [5.41, 5.74) is 0.270. The predicted octanol–water partition coefficient (Wildman–Crippen LogP) is 4.19. The molecule has 1 aliphatic heterocycles. The normalized spacial score (nSPS) is 16.9. The molecule has 1 aliphatic rings. The average molecular weight is 368 g/mol. The van der Waals surface area contributed by atoms with Crippen LogP contribution in [0.1, 0.15) is 55.3 Å². The Hall–Kier alpha value is -1.14. The molecule has 1 amide bonds. The van der Waals surface area contributed by atoms with Crippen molar-refractivity contribution in [2.45, 2.75) is 50.2 Å². The minimum atomic E-state index is -0.299. The molecule has 132 valence electrons. The zero-order valence-corrected chi connectivity index (χ0v) is 15.5. The Kier molecular flexibility index (Phi) is 8.53. The molecular formula is C18H25NO3S2. The molecule has 0 unspecified atom stereocenters. The molecule has 0 bridgehead atoms. The van der Waals surface area contributed by atoms with Gasteiger partial charge in [-0.15, -0.1) is 0 Å². The summed E-state index contributed by atoms with van der Waals surface area (Å²) in [7, 11) is 3.95. The number of phenols is 1. The third kappa shape index (κ3) is 6.77. The third-order valence-electron chi connectivity index (χ3n) is 4.03. The van der Waals surface area contributed by atoms with Gasteiger partial charge in [-0.3, -0.25) is 9.59 Å². The van der Waals surface area contributed by atoms with Crippen molar-refractivity contribution in [2.75, 3.05) is 12.3 Å². The van der Waals surface area contributed by atoms with Crippen LogP contribution in [0.3, 0.4) is 0 Å². The van der Waals surface area contributed by atoms with Gasteiger partial charge in [0, 0.05) is 30.4 Å². The van der Waals surface area contributed by atoms with Crippen molar-refractivity contribution in [3.8, 4) is 5.75 Å². The smallest absolute Gasteiger partial charge is 0.255 e. The molecule has 0 aromatic heterocycles. The summed E-state index contributed by atoms with van der Waals surface area (Å²) in [6, 6.07) is 6.45. The molecule has 0 aliphatic carbocycles. The number of carbonyl (C=O) groups excluding carboxylic acids is 2. The number of aromatic hydroxyl groups is 1. The minimum absolute atomic E-state index is 0.0232. The number of ketones is 1. The Labute approximate surface area is 151 Å². The Bertz CT molecular complexity index is 545. The molecule has 0 saturated carbocycles. The van der Waals surface area contributed by atoms with E-state index < -0.39 is 0 Å². The van der Waals surface area contributed by atoms with Gasteiger partial charge in [-0.25, -0.2) is 0 Å². The predicted molar refractivity (Wildman–Crippen MR) is 102 cm³/mol. The number of phenolic OH excluding ortho intramolecular Hbond substituents is 1. The first-order valence-corrected chi connectivity index (χ1v) is 10.9. The van der Waals surface area contributed by atoms with Crippen molar-refractivity contribution in [2.24, 2.45) is 0 Å². The Morgan fingerprint density at radius 1 is 1.17 bits per heavy atom. The maximum atomic E-state index is 11.9. The van der Waals surface area contributed by atoms with Crippen LogP contribution in [0.4, 0.5) is 0 Å². The number of rotatable bonds is 10. The first kappa shape index (κ1) is 19.2. The third-order valence-corrected chi connectivity index (χ3v) is 7.03. The number of Topliss-reactive ketones (excluding diaryl/α,β-unsaturated/α-hetero) is 1. The molecule has 4 nitrogen and oxygen atoms in total. The van der Waals surface area contributed by atoms with E-state index in [1.807, 2.05) is 21.6 Å². The lowest BCUT2D eigenvalue weighted by atomic mass is 10.1. The number of para-hydroxylation sites is 1. The molecule has 1 fully saturated rings. The van der Waals surface area contributed by atoms with Crippen molar-refractivity contribution >= 4 is 33.3 Å². The van der Waals surface area contributed by atoms with Gasteiger partial charge in [0.25, 0.3) is 5.91 Å². The molecule has 1 aromatic rings. The summed E-state index contributed by atoms with van der Waals surface area (Å²) in [4.78, 5) is 23.7. The summed E-state index contributed by atoms with van der Waals surface area (Å²) in [6.45, 7) is 0.453. The van der Waals surface area contributed by atoms with Crippen molar-refractivity contribution in [3.63, 3.8) is 0 Å². The van der Waals surface area contributed by atoms with E-state index in [4.69, 9.17) is 0 Å². The number of hydrogen-bond donors (Lipinski definition) is 2. The second-order valence-corrected chi connectivity index (χ2v) is 8.78. The number of unbranched alkanes of at least 4 members (excludes halogenated alkanes) is 1. The zero-order chi connectivity index (χ0) is 17.2. The van der Waals surface area contributed by atoms with Gasteiger partial charge < -0.3 is 10.4 Å². The van der Waals surface area contributed by atoms with E-state index in [0.29, 0.717) is 25.8 Å². The first-order valence-electron chi connectivity index (χ1n) is 8.53. The van der Waals surface area contributed by atoms with Crippen LogP contribution in [-0.2, 0) is 4.79 Å². The number of carbonyl (C=O) groups is 2. The van der Waals surface area contributed by atoms with E-state index in [1.54, 1.807) is 18.2 Å². The molecule has 1 saturated heterocycles. The van der Waals surface area contributed by atoms with Gasteiger partial charge in [-0.2, -0.15) is 0 Å². The highest BCUT2D eigenvalue weighted by atomic mass is 33.1. The molecule has 24 heavy (non-hydrogen) atoms. The summed E-state index contributed by atoms with van der Waals surface area (Å²) >= 11 is 0. The molecule has 2 N–H and O–H groups in total. The maximum absolute atomic E-state index is 11.9. The van der Waals surface area contributed by atoms with Crippen LogP contribution in [-0.4, -0.2) is 34.3 Å². The molecule has 1 heterocycles. The van der Waals surface area contributed by atoms with Crippen LogP contribution >= 0.6 is 21.6 Å². The van der Waals surface area contributed by atoms with Crippen LogP contribution in [0.25, 0.3) is 0 Å². The second kappa shape index (κ2) is 10.7.